The van der Waals surface area contributed by atoms with Gasteiger partial charge in [-0.3, -0.25) is 0 Å². The number of anilines is 2. The maximum atomic E-state index is 10.2. The predicted molar refractivity (Wildman–Crippen MR) is 104 cm³/mol. The van der Waals surface area contributed by atoms with Gasteiger partial charge in [0.05, 0.1) is 17.2 Å². The van der Waals surface area contributed by atoms with E-state index in [0.717, 1.165) is 0 Å². The average Bonchev–Trinajstić information content (AvgIpc) is 2.90. The summed E-state index contributed by atoms with van der Waals surface area (Å²) < 4.78 is 0. The Bertz CT molecular complexity index is 900. The minimum atomic E-state index is -1.08. The third-order valence-electron chi connectivity index (χ3n) is 4.44. The molecule has 0 bridgehead atoms. The van der Waals surface area contributed by atoms with E-state index in [1.165, 1.54) is 0 Å². The van der Waals surface area contributed by atoms with Crippen molar-refractivity contribution in [3.8, 4) is 11.8 Å². The molecule has 1 saturated carbocycles. The Hall–Kier alpha value is -2.08. The van der Waals surface area contributed by atoms with Gasteiger partial charge in [0, 0.05) is 18.1 Å². The maximum Gasteiger partial charge on any atom is 0.223 e. The van der Waals surface area contributed by atoms with Crippen LogP contribution in [0.5, 0.6) is 0 Å². The number of aliphatic hydroxyl groups is 3. The van der Waals surface area contributed by atoms with Gasteiger partial charge < -0.3 is 26.4 Å². The Morgan fingerprint density at radius 2 is 1.89 bits per heavy atom. The number of aliphatic hydroxyl groups excluding tert-OH is 3. The monoisotopic (exact) mass is 408 g/mol. The van der Waals surface area contributed by atoms with Crippen molar-refractivity contribution < 1.29 is 15.3 Å². The van der Waals surface area contributed by atoms with E-state index in [2.05, 4.69) is 27.1 Å². The zero-order valence-electron chi connectivity index (χ0n) is 14.1. The largest absolute Gasteiger partial charge is 0.396 e. The molecule has 1 aliphatic carbocycles. The van der Waals surface area contributed by atoms with Gasteiger partial charge in [0.2, 0.25) is 5.95 Å². The highest BCUT2D eigenvalue weighted by atomic mass is 35.5. The van der Waals surface area contributed by atoms with Crippen LogP contribution in [-0.4, -0.2) is 50.1 Å². The van der Waals surface area contributed by atoms with Gasteiger partial charge in [-0.1, -0.05) is 47.2 Å². The summed E-state index contributed by atoms with van der Waals surface area (Å²) >= 11 is 12.3. The first-order valence-corrected chi connectivity index (χ1v) is 8.99. The highest BCUT2D eigenvalue weighted by molar-refractivity contribution is 6.32. The number of rotatable bonds is 3. The second-order valence-electron chi connectivity index (χ2n) is 6.24. The molecule has 3 rings (SSSR count). The number of benzene rings is 1. The summed E-state index contributed by atoms with van der Waals surface area (Å²) in [6.07, 6.45) is -1.78. The van der Waals surface area contributed by atoms with Crippen LogP contribution in [0.15, 0.2) is 24.3 Å². The van der Waals surface area contributed by atoms with Gasteiger partial charge in [-0.2, -0.15) is 9.97 Å². The molecule has 1 heterocycles. The lowest BCUT2D eigenvalue weighted by Crippen LogP contribution is -2.35. The first-order valence-electron chi connectivity index (χ1n) is 8.23. The summed E-state index contributed by atoms with van der Waals surface area (Å²) in [6, 6.07) is 6.53. The van der Waals surface area contributed by atoms with Crippen molar-refractivity contribution in [3.05, 3.63) is 45.6 Å². The first kappa shape index (κ1) is 19.7. The molecule has 0 amide bonds. The highest BCUT2D eigenvalue weighted by Crippen LogP contribution is 2.30. The molecule has 7 nitrogen and oxygen atoms in total. The zero-order chi connectivity index (χ0) is 19.6. The Labute approximate surface area is 166 Å². The lowest BCUT2D eigenvalue weighted by Gasteiger charge is -2.19. The third-order valence-corrected chi connectivity index (χ3v) is 5.04. The van der Waals surface area contributed by atoms with Crippen molar-refractivity contribution in [3.63, 3.8) is 0 Å². The van der Waals surface area contributed by atoms with Crippen LogP contribution in [-0.2, 0) is 0 Å². The fourth-order valence-electron chi connectivity index (χ4n) is 2.98. The van der Waals surface area contributed by atoms with Gasteiger partial charge >= 0.3 is 0 Å². The highest BCUT2D eigenvalue weighted by Gasteiger charge is 2.41. The van der Waals surface area contributed by atoms with E-state index in [4.69, 9.17) is 28.9 Å². The van der Waals surface area contributed by atoms with E-state index in [1.54, 1.807) is 24.3 Å². The fourth-order valence-corrected chi connectivity index (χ4v) is 3.39. The van der Waals surface area contributed by atoms with E-state index in [0.29, 0.717) is 22.6 Å². The third kappa shape index (κ3) is 4.26. The van der Waals surface area contributed by atoms with E-state index in [9.17, 15) is 15.3 Å². The van der Waals surface area contributed by atoms with Crippen LogP contribution in [0.1, 0.15) is 17.5 Å². The van der Waals surface area contributed by atoms with Crippen molar-refractivity contribution in [2.75, 3.05) is 17.7 Å². The first-order chi connectivity index (χ1) is 12.9. The number of nitrogens with zero attached hydrogens (tertiary/aromatic N) is 2. The van der Waals surface area contributed by atoms with E-state index < -0.39 is 24.2 Å². The van der Waals surface area contributed by atoms with Crippen LogP contribution in [0.25, 0.3) is 0 Å². The normalized spacial score (nSPS) is 24.3. The van der Waals surface area contributed by atoms with Crippen LogP contribution in [0.3, 0.4) is 0 Å². The van der Waals surface area contributed by atoms with E-state index in [1.807, 2.05) is 0 Å². The molecule has 6 N–H and O–H groups in total. The maximum absolute atomic E-state index is 10.2. The SMILES string of the molecule is Nc1nc(Cl)c(C#Cc2ccccc2Cl)c(N[C@@H]2C[C@H](CO)[C@@H](O)[C@H]2O)n1. The van der Waals surface area contributed by atoms with Crippen molar-refractivity contribution in [1.82, 2.24) is 9.97 Å². The molecule has 0 radical (unpaired) electrons. The molecule has 4 atom stereocenters. The van der Waals surface area contributed by atoms with Gasteiger partial charge in [-0.15, -0.1) is 0 Å². The van der Waals surface area contributed by atoms with Crippen LogP contribution < -0.4 is 11.1 Å². The summed E-state index contributed by atoms with van der Waals surface area (Å²) in [5, 5.41) is 33.1. The van der Waals surface area contributed by atoms with Crippen LogP contribution in [0, 0.1) is 17.8 Å². The van der Waals surface area contributed by atoms with Crippen molar-refractivity contribution in [2.24, 2.45) is 5.92 Å². The molecule has 9 heteroatoms. The number of hydrogen-bond donors (Lipinski definition) is 5. The molecule has 0 saturated heterocycles. The molecule has 0 spiro atoms. The molecular formula is C18H18Cl2N4O3. The summed E-state index contributed by atoms with van der Waals surface area (Å²) in [7, 11) is 0. The molecule has 0 unspecified atom stereocenters. The van der Waals surface area contributed by atoms with Crippen LogP contribution in [0.4, 0.5) is 11.8 Å². The number of hydrogen-bond acceptors (Lipinski definition) is 7. The van der Waals surface area contributed by atoms with Crippen molar-refractivity contribution in [1.29, 1.82) is 0 Å². The minimum absolute atomic E-state index is 0.0521. The fraction of sp³-hybridized carbons (Fsp3) is 0.333. The lowest BCUT2D eigenvalue weighted by atomic mass is 10.1. The molecule has 142 valence electrons. The quantitative estimate of drug-likeness (QED) is 0.382. The van der Waals surface area contributed by atoms with E-state index in [-0.39, 0.29) is 23.5 Å². The number of nitrogen functional groups attached to an aromatic ring is 1. The average molecular weight is 409 g/mol. The summed E-state index contributed by atoms with van der Waals surface area (Å²) in [4.78, 5) is 8.04. The molecule has 1 fully saturated rings. The second-order valence-corrected chi connectivity index (χ2v) is 7.00. The van der Waals surface area contributed by atoms with Gasteiger partial charge in [0.1, 0.15) is 17.5 Å². The van der Waals surface area contributed by atoms with Gasteiger partial charge in [-0.25, -0.2) is 0 Å². The van der Waals surface area contributed by atoms with Gasteiger partial charge in [0.25, 0.3) is 0 Å². The topological polar surface area (TPSA) is 125 Å². The standard InChI is InChI=1S/C18H18Cl2N4O3/c19-12-4-2-1-3-9(12)5-6-11-16(20)23-18(21)24-17(11)22-13-7-10(8-25)14(26)15(13)27/h1-4,10,13-15,25-27H,7-8H2,(H3,21,22,23,24)/t10-,13-,14-,15+/m1/s1. The van der Waals surface area contributed by atoms with Crippen LogP contribution >= 0.6 is 23.2 Å². The molecule has 27 heavy (non-hydrogen) atoms. The smallest absolute Gasteiger partial charge is 0.223 e. The Morgan fingerprint density at radius 3 is 2.56 bits per heavy atom. The second kappa shape index (κ2) is 8.30. The Morgan fingerprint density at radius 1 is 1.15 bits per heavy atom. The lowest BCUT2D eigenvalue weighted by molar-refractivity contribution is 0.00445. The van der Waals surface area contributed by atoms with Crippen LogP contribution in [0.2, 0.25) is 10.2 Å². The molecule has 1 aromatic carbocycles. The molecule has 1 aromatic heterocycles. The van der Waals surface area contributed by atoms with Gasteiger partial charge in [-0.05, 0) is 18.6 Å². The molecule has 2 aromatic rings. The number of nitrogens with one attached hydrogen (secondary N) is 1. The zero-order valence-corrected chi connectivity index (χ0v) is 15.6. The number of nitrogens with two attached hydrogens (primary N) is 1. The van der Waals surface area contributed by atoms with Crippen molar-refractivity contribution >= 4 is 35.0 Å². The van der Waals surface area contributed by atoms with E-state index >= 15 is 0 Å². The minimum Gasteiger partial charge on any atom is -0.396 e. The predicted octanol–water partition coefficient (Wildman–Crippen LogP) is 1.28. The Kier molecular flexibility index (Phi) is 6.05. The van der Waals surface area contributed by atoms with Crippen molar-refractivity contribution in [2.45, 2.75) is 24.7 Å². The van der Waals surface area contributed by atoms with Gasteiger partial charge in [0.15, 0.2) is 5.15 Å². The molecule has 0 aliphatic heterocycles. The molecule has 1 aliphatic rings. The number of aromatic nitrogens is 2. The number of halogens is 2. The molecular weight excluding hydrogens is 391 g/mol. The summed E-state index contributed by atoms with van der Waals surface area (Å²) in [6.45, 7) is -0.234. The summed E-state index contributed by atoms with van der Waals surface area (Å²) in [5.41, 5.74) is 6.58. The summed E-state index contributed by atoms with van der Waals surface area (Å²) in [5.74, 6) is 5.54. The Balaban J connectivity index is 1.94.